The summed E-state index contributed by atoms with van der Waals surface area (Å²) in [5, 5.41) is 13.8. The SMILES string of the molecule is COC(=O)[C@H]1N=C(Nc2ccc(Cl)cc2O)SC1(C)C. The number of esters is 1. The summed E-state index contributed by atoms with van der Waals surface area (Å²) in [5.74, 6) is -0.347. The van der Waals surface area contributed by atoms with Crippen LogP contribution in [0.2, 0.25) is 5.02 Å². The van der Waals surface area contributed by atoms with Crippen molar-refractivity contribution >= 4 is 40.2 Å². The van der Waals surface area contributed by atoms with Crippen molar-refractivity contribution in [3.8, 4) is 5.75 Å². The van der Waals surface area contributed by atoms with Crippen molar-refractivity contribution in [2.24, 2.45) is 4.99 Å². The van der Waals surface area contributed by atoms with Crippen molar-refractivity contribution in [2.75, 3.05) is 12.4 Å². The Morgan fingerprint density at radius 3 is 2.85 bits per heavy atom. The summed E-state index contributed by atoms with van der Waals surface area (Å²) >= 11 is 7.20. The molecule has 1 atom stereocenters. The summed E-state index contributed by atoms with van der Waals surface area (Å²) in [5.41, 5.74) is 0.488. The number of thioether (sulfide) groups is 1. The van der Waals surface area contributed by atoms with Gasteiger partial charge in [-0.3, -0.25) is 0 Å². The van der Waals surface area contributed by atoms with E-state index in [2.05, 4.69) is 10.3 Å². The maximum absolute atomic E-state index is 11.7. The maximum atomic E-state index is 11.7. The Kier molecular flexibility index (Phi) is 4.15. The Bertz CT molecular complexity index is 575. The number of nitrogens with one attached hydrogen (secondary N) is 1. The first kappa shape index (κ1) is 15.0. The minimum absolute atomic E-state index is 0.0279. The molecular weight excluding hydrogens is 300 g/mol. The second-order valence-electron chi connectivity index (χ2n) is 4.85. The van der Waals surface area contributed by atoms with Gasteiger partial charge in [0.15, 0.2) is 11.2 Å². The highest BCUT2D eigenvalue weighted by Gasteiger charge is 2.43. The summed E-state index contributed by atoms with van der Waals surface area (Å²) < 4.78 is 4.35. The molecule has 0 unspecified atom stereocenters. The number of carbonyl (C=O) groups is 1. The number of carbonyl (C=O) groups excluding carboxylic acids is 1. The quantitative estimate of drug-likeness (QED) is 0.649. The molecule has 0 radical (unpaired) electrons. The molecule has 0 amide bonds. The number of amidine groups is 1. The van der Waals surface area contributed by atoms with Crippen LogP contribution in [0.3, 0.4) is 0 Å². The Balaban J connectivity index is 2.20. The van der Waals surface area contributed by atoms with Gasteiger partial charge in [0.2, 0.25) is 0 Å². The molecule has 0 fully saturated rings. The molecule has 20 heavy (non-hydrogen) atoms. The van der Waals surface area contributed by atoms with E-state index in [1.165, 1.54) is 24.9 Å². The van der Waals surface area contributed by atoms with Gasteiger partial charge in [0.1, 0.15) is 5.75 Å². The predicted molar refractivity (Wildman–Crippen MR) is 81.6 cm³/mol. The standard InChI is InChI=1S/C13H15ClN2O3S/c1-13(2)10(11(18)19-3)16-12(20-13)15-8-5-4-7(14)6-9(8)17/h4-6,10,17H,1-3H3,(H,15,16)/t10-/m1/s1. The number of nitrogens with zero attached hydrogens (tertiary/aromatic N) is 1. The molecule has 5 nitrogen and oxygen atoms in total. The maximum Gasteiger partial charge on any atom is 0.332 e. The van der Waals surface area contributed by atoms with E-state index in [1.807, 2.05) is 13.8 Å². The summed E-state index contributed by atoms with van der Waals surface area (Å²) in [6.45, 7) is 3.83. The number of methoxy groups -OCH3 is 1. The summed E-state index contributed by atoms with van der Waals surface area (Å²) in [4.78, 5) is 16.0. The van der Waals surface area contributed by atoms with E-state index in [9.17, 15) is 9.90 Å². The van der Waals surface area contributed by atoms with Gasteiger partial charge < -0.3 is 15.2 Å². The third-order valence-corrected chi connectivity index (χ3v) is 4.28. The van der Waals surface area contributed by atoms with Gasteiger partial charge in [0.25, 0.3) is 0 Å². The van der Waals surface area contributed by atoms with E-state index in [4.69, 9.17) is 16.3 Å². The summed E-state index contributed by atoms with van der Waals surface area (Å²) in [6.07, 6.45) is 0. The number of ether oxygens (including phenoxy) is 1. The predicted octanol–water partition coefficient (Wildman–Crippen LogP) is 2.88. The molecule has 0 saturated carbocycles. The monoisotopic (exact) mass is 314 g/mol. The highest BCUT2D eigenvalue weighted by atomic mass is 35.5. The van der Waals surface area contributed by atoms with Crippen LogP contribution in [0.4, 0.5) is 5.69 Å². The van der Waals surface area contributed by atoms with Gasteiger partial charge in [-0.2, -0.15) is 0 Å². The minimum Gasteiger partial charge on any atom is -0.506 e. The van der Waals surface area contributed by atoms with Crippen molar-refractivity contribution in [2.45, 2.75) is 24.6 Å². The van der Waals surface area contributed by atoms with E-state index in [1.54, 1.807) is 12.1 Å². The van der Waals surface area contributed by atoms with E-state index in [0.717, 1.165) is 0 Å². The third-order valence-electron chi connectivity index (χ3n) is 2.89. The van der Waals surface area contributed by atoms with Gasteiger partial charge in [-0.1, -0.05) is 23.4 Å². The van der Waals surface area contributed by atoms with Crippen LogP contribution < -0.4 is 5.32 Å². The molecule has 0 bridgehead atoms. The number of rotatable bonds is 2. The molecular formula is C13H15ClN2O3S. The van der Waals surface area contributed by atoms with Crippen molar-refractivity contribution in [3.63, 3.8) is 0 Å². The Hall–Kier alpha value is -1.40. The summed E-state index contributed by atoms with van der Waals surface area (Å²) in [7, 11) is 1.34. The van der Waals surface area contributed by atoms with Gasteiger partial charge >= 0.3 is 5.97 Å². The molecule has 0 saturated heterocycles. The molecule has 0 aliphatic carbocycles. The molecule has 1 aliphatic heterocycles. The van der Waals surface area contributed by atoms with E-state index in [0.29, 0.717) is 15.9 Å². The molecule has 1 aliphatic rings. The number of aliphatic imine (C=N–C) groups is 1. The van der Waals surface area contributed by atoms with Crippen molar-refractivity contribution < 1.29 is 14.6 Å². The Morgan fingerprint density at radius 1 is 1.55 bits per heavy atom. The average Bonchev–Trinajstić information content (AvgIpc) is 2.67. The fourth-order valence-electron chi connectivity index (χ4n) is 1.84. The zero-order valence-electron chi connectivity index (χ0n) is 11.3. The van der Waals surface area contributed by atoms with E-state index >= 15 is 0 Å². The van der Waals surface area contributed by atoms with Gasteiger partial charge in [0, 0.05) is 11.1 Å². The fourth-order valence-corrected chi connectivity index (χ4v) is 3.08. The van der Waals surface area contributed by atoms with Gasteiger partial charge in [-0.05, 0) is 26.0 Å². The molecule has 1 heterocycles. The first-order valence-electron chi connectivity index (χ1n) is 5.93. The number of hydrogen-bond acceptors (Lipinski definition) is 6. The lowest BCUT2D eigenvalue weighted by molar-refractivity contribution is -0.142. The average molecular weight is 315 g/mol. The topological polar surface area (TPSA) is 70.9 Å². The number of phenolic OH excluding ortho intramolecular Hbond substituents is 1. The number of benzene rings is 1. The second kappa shape index (κ2) is 5.54. The van der Waals surface area contributed by atoms with Crippen LogP contribution in [0.1, 0.15) is 13.8 Å². The first-order chi connectivity index (χ1) is 9.33. The van der Waals surface area contributed by atoms with Gasteiger partial charge in [0.05, 0.1) is 17.5 Å². The van der Waals surface area contributed by atoms with Crippen LogP contribution >= 0.6 is 23.4 Å². The first-order valence-corrected chi connectivity index (χ1v) is 7.13. The molecule has 0 spiro atoms. The molecule has 1 aromatic rings. The van der Waals surface area contributed by atoms with Crippen LogP contribution in [-0.2, 0) is 9.53 Å². The number of hydrogen-bond donors (Lipinski definition) is 2. The number of aromatic hydroxyl groups is 1. The van der Waals surface area contributed by atoms with Crippen molar-refractivity contribution in [3.05, 3.63) is 23.2 Å². The fraction of sp³-hybridized carbons (Fsp3) is 0.385. The van der Waals surface area contributed by atoms with Gasteiger partial charge in [-0.25, -0.2) is 9.79 Å². The lowest BCUT2D eigenvalue weighted by Gasteiger charge is -2.21. The normalized spacial score (nSPS) is 20.4. The molecule has 1 aromatic carbocycles. The number of phenols is 1. The third kappa shape index (κ3) is 3.02. The molecule has 7 heteroatoms. The second-order valence-corrected chi connectivity index (χ2v) is 6.93. The van der Waals surface area contributed by atoms with Crippen molar-refractivity contribution in [1.29, 1.82) is 0 Å². The van der Waals surface area contributed by atoms with Gasteiger partial charge in [-0.15, -0.1) is 0 Å². The summed E-state index contributed by atoms with van der Waals surface area (Å²) in [6, 6.07) is 4.17. The zero-order chi connectivity index (χ0) is 14.9. The minimum atomic E-state index is -0.575. The van der Waals surface area contributed by atoms with Crippen LogP contribution in [0.5, 0.6) is 5.75 Å². The number of halogens is 1. The van der Waals surface area contributed by atoms with Crippen LogP contribution in [-0.4, -0.2) is 34.1 Å². The molecule has 2 rings (SSSR count). The van der Waals surface area contributed by atoms with E-state index < -0.39 is 10.8 Å². The van der Waals surface area contributed by atoms with Crippen molar-refractivity contribution in [1.82, 2.24) is 0 Å². The zero-order valence-corrected chi connectivity index (χ0v) is 12.9. The van der Waals surface area contributed by atoms with E-state index in [-0.39, 0.29) is 11.7 Å². The Morgan fingerprint density at radius 2 is 2.25 bits per heavy atom. The highest BCUT2D eigenvalue weighted by molar-refractivity contribution is 8.15. The highest BCUT2D eigenvalue weighted by Crippen LogP contribution is 2.39. The smallest absolute Gasteiger partial charge is 0.332 e. The molecule has 2 N–H and O–H groups in total. The molecule has 108 valence electrons. The lowest BCUT2D eigenvalue weighted by atomic mass is 10.0. The Labute approximate surface area is 126 Å². The van der Waals surface area contributed by atoms with Crippen LogP contribution in [0.15, 0.2) is 23.2 Å². The van der Waals surface area contributed by atoms with Crippen LogP contribution in [0, 0.1) is 0 Å². The lowest BCUT2D eigenvalue weighted by Crippen LogP contribution is -2.35. The van der Waals surface area contributed by atoms with Crippen LogP contribution in [0.25, 0.3) is 0 Å². The number of anilines is 1. The largest absolute Gasteiger partial charge is 0.506 e. The molecule has 0 aromatic heterocycles.